The van der Waals surface area contributed by atoms with E-state index in [1.54, 1.807) is 16.7 Å². The van der Waals surface area contributed by atoms with Gasteiger partial charge in [0.05, 0.1) is 33.5 Å². The molecule has 0 bridgehead atoms. The van der Waals surface area contributed by atoms with Crippen molar-refractivity contribution in [2.45, 2.75) is 31.7 Å². The summed E-state index contributed by atoms with van der Waals surface area (Å²) in [7, 11) is 0. The van der Waals surface area contributed by atoms with E-state index in [0.29, 0.717) is 11.5 Å². The molecule has 0 atom stereocenters. The molecule has 0 aliphatic rings. The Morgan fingerprint density at radius 3 is 2.50 bits per heavy atom. The van der Waals surface area contributed by atoms with E-state index in [1.807, 2.05) is 19.1 Å². The second-order valence-corrected chi connectivity index (χ2v) is 10.3. The molecule has 0 fully saturated rings. The van der Waals surface area contributed by atoms with E-state index in [2.05, 4.69) is 20.8 Å². The molecule has 218 valence electrons. The van der Waals surface area contributed by atoms with Crippen LogP contribution in [-0.4, -0.2) is 37.3 Å². The Morgan fingerprint density at radius 2 is 1.81 bits per heavy atom. The molecule has 4 aromatic rings. The molecule has 0 saturated carbocycles. The normalized spacial score (nSPS) is 11.3. The predicted molar refractivity (Wildman–Crippen MR) is 151 cm³/mol. The topological polar surface area (TPSA) is 132 Å². The van der Waals surface area contributed by atoms with Crippen molar-refractivity contribution in [2.75, 3.05) is 11.1 Å². The fourth-order valence-corrected chi connectivity index (χ4v) is 4.91. The smallest absolute Gasteiger partial charge is 0.345 e. The molecular weight excluding hydrogens is 597 g/mol. The van der Waals surface area contributed by atoms with E-state index in [1.165, 1.54) is 25.1 Å². The van der Waals surface area contributed by atoms with Crippen LogP contribution in [0.4, 0.5) is 24.5 Å². The largest absolute Gasteiger partial charge is 0.416 e. The van der Waals surface area contributed by atoms with Gasteiger partial charge >= 0.3 is 6.18 Å². The molecule has 0 aliphatic heterocycles. The SMILES string of the molecule is Cc1cccc(-n2c(CNC(=O)c3cccc([N+](=O)[O-])c3C)nnc2SCC(=O)Nc2cc(C(F)(F)F)ccc2Cl)c1. The van der Waals surface area contributed by atoms with Crippen LogP contribution in [0.2, 0.25) is 5.02 Å². The van der Waals surface area contributed by atoms with Crippen molar-refractivity contribution in [1.29, 1.82) is 0 Å². The molecule has 10 nitrogen and oxygen atoms in total. The van der Waals surface area contributed by atoms with E-state index >= 15 is 0 Å². The zero-order valence-electron chi connectivity index (χ0n) is 22.0. The summed E-state index contributed by atoms with van der Waals surface area (Å²) in [5.41, 5.74) is 0.566. The fourth-order valence-electron chi connectivity index (χ4n) is 3.97. The van der Waals surface area contributed by atoms with Gasteiger partial charge in [-0.1, -0.05) is 41.6 Å². The Hall–Kier alpha value is -4.43. The summed E-state index contributed by atoms with van der Waals surface area (Å²) in [5.74, 6) is -1.12. The van der Waals surface area contributed by atoms with Crippen LogP contribution >= 0.6 is 23.4 Å². The number of anilines is 1. The maximum absolute atomic E-state index is 13.1. The quantitative estimate of drug-likeness (QED) is 0.131. The standard InChI is InChI=1S/C27H22ClF3N6O4S/c1-15-5-3-6-18(11-15)36-23(13-32-25(39)19-7-4-8-22(16(19)2)37(40)41)34-35-26(36)42-14-24(38)33-21-12-17(27(29,30)31)9-10-20(21)28/h3-12H,13-14H2,1-2H3,(H,32,39)(H,33,38). The fraction of sp³-hybridized carbons (Fsp3) is 0.185. The first-order chi connectivity index (χ1) is 19.8. The number of thioether (sulfide) groups is 1. The summed E-state index contributed by atoms with van der Waals surface area (Å²) < 4.78 is 40.9. The second kappa shape index (κ2) is 12.6. The lowest BCUT2D eigenvalue weighted by atomic mass is 10.1. The van der Waals surface area contributed by atoms with Gasteiger partial charge in [-0.2, -0.15) is 13.2 Å². The highest BCUT2D eigenvalue weighted by Gasteiger charge is 2.31. The monoisotopic (exact) mass is 618 g/mol. The number of benzene rings is 3. The van der Waals surface area contributed by atoms with Crippen molar-refractivity contribution in [2.24, 2.45) is 0 Å². The molecule has 0 radical (unpaired) electrons. The average molecular weight is 619 g/mol. The van der Waals surface area contributed by atoms with Crippen molar-refractivity contribution in [1.82, 2.24) is 20.1 Å². The molecule has 0 spiro atoms. The van der Waals surface area contributed by atoms with Crippen LogP contribution < -0.4 is 10.6 Å². The van der Waals surface area contributed by atoms with Crippen molar-refractivity contribution >= 4 is 46.6 Å². The summed E-state index contributed by atoms with van der Waals surface area (Å²) in [6.07, 6.45) is -4.61. The van der Waals surface area contributed by atoms with Crippen molar-refractivity contribution in [3.8, 4) is 5.69 Å². The Bertz CT molecular complexity index is 1680. The van der Waals surface area contributed by atoms with Gasteiger partial charge < -0.3 is 10.6 Å². The number of halogens is 4. The van der Waals surface area contributed by atoms with Crippen LogP contribution in [-0.2, 0) is 17.5 Å². The molecule has 0 saturated heterocycles. The molecule has 2 N–H and O–H groups in total. The summed E-state index contributed by atoms with van der Waals surface area (Å²) in [6, 6.07) is 14.1. The van der Waals surface area contributed by atoms with E-state index in [-0.39, 0.29) is 45.0 Å². The van der Waals surface area contributed by atoms with Gasteiger partial charge in [0.1, 0.15) is 0 Å². The van der Waals surface area contributed by atoms with Crippen molar-refractivity contribution in [3.05, 3.63) is 104 Å². The van der Waals surface area contributed by atoms with Gasteiger partial charge in [-0.3, -0.25) is 24.3 Å². The minimum atomic E-state index is -4.61. The molecule has 0 aliphatic carbocycles. The maximum atomic E-state index is 13.1. The van der Waals surface area contributed by atoms with Crippen LogP contribution in [0.5, 0.6) is 0 Å². The number of amides is 2. The lowest BCUT2D eigenvalue weighted by Gasteiger charge is -2.13. The molecule has 42 heavy (non-hydrogen) atoms. The Morgan fingerprint density at radius 1 is 1.07 bits per heavy atom. The molecular formula is C27H22ClF3N6O4S. The Balaban J connectivity index is 1.53. The lowest BCUT2D eigenvalue weighted by molar-refractivity contribution is -0.385. The van der Waals surface area contributed by atoms with Crippen molar-refractivity contribution in [3.63, 3.8) is 0 Å². The summed E-state index contributed by atoms with van der Waals surface area (Å²) >= 11 is 6.96. The van der Waals surface area contributed by atoms with Crippen LogP contribution in [0.15, 0.2) is 65.8 Å². The number of aromatic nitrogens is 3. The summed E-state index contributed by atoms with van der Waals surface area (Å²) in [6.45, 7) is 3.25. The molecule has 3 aromatic carbocycles. The molecule has 4 rings (SSSR count). The highest BCUT2D eigenvalue weighted by molar-refractivity contribution is 7.99. The van der Waals surface area contributed by atoms with Gasteiger partial charge in [-0.05, 0) is 55.8 Å². The van der Waals surface area contributed by atoms with Crippen LogP contribution in [0.3, 0.4) is 0 Å². The Labute approximate surface area is 246 Å². The van der Waals surface area contributed by atoms with Gasteiger partial charge in [0, 0.05) is 22.9 Å². The van der Waals surface area contributed by atoms with E-state index in [0.717, 1.165) is 35.5 Å². The molecule has 0 unspecified atom stereocenters. The molecule has 2 amide bonds. The van der Waals surface area contributed by atoms with Gasteiger partial charge in [0.25, 0.3) is 11.6 Å². The number of hydrogen-bond donors (Lipinski definition) is 2. The van der Waals surface area contributed by atoms with Crippen molar-refractivity contribution < 1.29 is 27.7 Å². The first kappa shape index (κ1) is 30.5. The second-order valence-electron chi connectivity index (χ2n) is 8.99. The zero-order chi connectivity index (χ0) is 30.6. The van der Waals surface area contributed by atoms with Gasteiger partial charge in [0.2, 0.25) is 5.91 Å². The van der Waals surface area contributed by atoms with Crippen LogP contribution in [0, 0.1) is 24.0 Å². The number of alkyl halides is 3. The summed E-state index contributed by atoms with van der Waals surface area (Å²) in [4.78, 5) is 36.2. The molecule has 15 heteroatoms. The van der Waals surface area contributed by atoms with Crippen LogP contribution in [0.25, 0.3) is 5.69 Å². The number of nitro benzene ring substituents is 1. The maximum Gasteiger partial charge on any atom is 0.416 e. The third-order valence-corrected chi connectivity index (χ3v) is 7.27. The lowest BCUT2D eigenvalue weighted by Crippen LogP contribution is -2.25. The van der Waals surface area contributed by atoms with E-state index in [4.69, 9.17) is 11.6 Å². The molecule has 1 aromatic heterocycles. The number of hydrogen-bond acceptors (Lipinski definition) is 7. The number of rotatable bonds is 9. The van der Waals surface area contributed by atoms with E-state index in [9.17, 15) is 32.9 Å². The van der Waals surface area contributed by atoms with Gasteiger partial charge in [0.15, 0.2) is 11.0 Å². The average Bonchev–Trinajstić information content (AvgIpc) is 3.34. The first-order valence-electron chi connectivity index (χ1n) is 12.2. The van der Waals surface area contributed by atoms with E-state index < -0.39 is 28.5 Å². The number of nitrogens with zero attached hydrogens (tertiary/aromatic N) is 4. The third kappa shape index (κ3) is 7.06. The minimum absolute atomic E-state index is 0.0544. The highest BCUT2D eigenvalue weighted by atomic mass is 35.5. The number of aryl methyl sites for hydroxylation is 1. The number of nitrogens with one attached hydrogen (secondary N) is 2. The number of carbonyl (C=O) groups is 2. The first-order valence-corrected chi connectivity index (χ1v) is 13.5. The van der Waals surface area contributed by atoms with Crippen LogP contribution in [0.1, 0.15) is 32.9 Å². The van der Waals surface area contributed by atoms with Gasteiger partial charge in [-0.15, -0.1) is 10.2 Å². The Kier molecular flexibility index (Phi) is 9.17. The predicted octanol–water partition coefficient (Wildman–Crippen LogP) is 6.13. The van der Waals surface area contributed by atoms with Gasteiger partial charge in [-0.25, -0.2) is 0 Å². The summed E-state index contributed by atoms with van der Waals surface area (Å²) in [5, 5.41) is 24.9. The highest BCUT2D eigenvalue weighted by Crippen LogP contribution is 2.34. The number of carbonyl (C=O) groups excluding carboxylic acids is 2. The third-order valence-electron chi connectivity index (χ3n) is 6.01. The zero-order valence-corrected chi connectivity index (χ0v) is 23.6. The molecule has 1 heterocycles. The minimum Gasteiger partial charge on any atom is -0.345 e. The number of nitro groups is 1.